The first-order valence-electron chi connectivity index (χ1n) is 4.72. The van der Waals surface area contributed by atoms with Crippen LogP contribution >= 0.6 is 0 Å². The van der Waals surface area contributed by atoms with Gasteiger partial charge < -0.3 is 13.7 Å². The zero-order valence-corrected chi connectivity index (χ0v) is 11.3. The molecule has 0 heterocycles. The molecule has 0 rings (SSSR count). The Morgan fingerprint density at radius 3 is 1.43 bits per heavy atom. The van der Waals surface area contributed by atoms with E-state index in [1.807, 2.05) is 12.2 Å². The van der Waals surface area contributed by atoms with Crippen molar-refractivity contribution < 1.29 is 0 Å². The number of hydrogen-bond acceptors (Lipinski definition) is 3. The highest BCUT2D eigenvalue weighted by atomic mass is 28.4. The molecule has 0 fully saturated rings. The van der Waals surface area contributed by atoms with Crippen molar-refractivity contribution in [1.82, 2.24) is 13.7 Å². The van der Waals surface area contributed by atoms with Crippen LogP contribution in [0, 0.1) is 0 Å². The Morgan fingerprint density at radius 2 is 1.21 bits per heavy atom. The summed E-state index contributed by atoms with van der Waals surface area (Å²) in [5.41, 5.74) is 2.26. The molecule has 0 amide bonds. The van der Waals surface area contributed by atoms with Gasteiger partial charge in [0.1, 0.15) is 0 Å². The van der Waals surface area contributed by atoms with Crippen LogP contribution in [0.5, 0.6) is 0 Å². The quantitative estimate of drug-likeness (QED) is 0.496. The number of nitrogens with zero attached hydrogens (tertiary/aromatic N) is 3. The summed E-state index contributed by atoms with van der Waals surface area (Å²) in [6, 6.07) is 0. The van der Waals surface area contributed by atoms with Crippen molar-refractivity contribution in [2.45, 2.75) is 0 Å². The Kier molecular flexibility index (Phi) is 5.29. The first-order valence-corrected chi connectivity index (χ1v) is 6.64. The molecule has 0 aromatic rings. The van der Waals surface area contributed by atoms with Gasteiger partial charge in [0, 0.05) is 0 Å². The summed E-state index contributed by atoms with van der Waals surface area (Å²) < 4.78 is 6.90. The zero-order chi connectivity index (χ0) is 11.4. The zero-order valence-electron chi connectivity index (χ0n) is 10.3. The van der Waals surface area contributed by atoms with Crippen molar-refractivity contribution in [3.8, 4) is 0 Å². The number of allylic oxidation sites excluding steroid dienone is 2. The average Bonchev–Trinajstić information content (AvgIpc) is 2.03. The van der Waals surface area contributed by atoms with E-state index >= 15 is 0 Å². The fourth-order valence-corrected chi connectivity index (χ4v) is 5.53. The predicted octanol–water partition coefficient (Wildman–Crippen LogP) is 0.891. The Balaban J connectivity index is 5.15. The fraction of sp³-hybridized carbons (Fsp3) is 0.600. The van der Waals surface area contributed by atoms with Gasteiger partial charge in [0.25, 0.3) is 0 Å². The van der Waals surface area contributed by atoms with E-state index in [0.29, 0.717) is 0 Å². The van der Waals surface area contributed by atoms with Gasteiger partial charge in [0.15, 0.2) is 0 Å². The molecule has 0 aliphatic carbocycles. The molecule has 0 aliphatic rings. The van der Waals surface area contributed by atoms with Crippen LogP contribution < -0.4 is 0 Å². The monoisotopic (exact) mass is 213 g/mol. The lowest BCUT2D eigenvalue weighted by atomic mass is 10.6. The molecule has 0 atom stereocenters. The molecule has 0 N–H and O–H groups in total. The minimum atomic E-state index is -1.80. The Morgan fingerprint density at radius 1 is 0.857 bits per heavy atom. The second-order valence-electron chi connectivity index (χ2n) is 3.97. The summed E-state index contributed by atoms with van der Waals surface area (Å²) in [5.74, 6) is 0. The normalized spacial score (nSPS) is 13.5. The topological polar surface area (TPSA) is 9.72 Å². The highest BCUT2D eigenvalue weighted by Crippen LogP contribution is 2.13. The lowest BCUT2D eigenvalue weighted by Crippen LogP contribution is -2.68. The van der Waals surface area contributed by atoms with Crippen molar-refractivity contribution in [3.63, 3.8) is 0 Å². The van der Waals surface area contributed by atoms with Gasteiger partial charge in [0.2, 0.25) is 0 Å². The van der Waals surface area contributed by atoms with E-state index in [0.717, 1.165) is 0 Å². The summed E-state index contributed by atoms with van der Waals surface area (Å²) in [7, 11) is 10.9. The molecule has 0 aliphatic heterocycles. The molecule has 0 unspecified atom stereocenters. The standard InChI is InChI=1S/C10H23N3Si/c1-8-9-10-14(11(2)3,12(4)5)13(6)7/h8-10H,1H2,2-7H3. The molecule has 0 aromatic heterocycles. The van der Waals surface area contributed by atoms with Crippen LogP contribution in [-0.4, -0.2) is 64.5 Å². The maximum Gasteiger partial charge on any atom is 0.314 e. The molecule has 0 saturated heterocycles. The van der Waals surface area contributed by atoms with Crippen LogP contribution in [0.3, 0.4) is 0 Å². The third-order valence-corrected chi connectivity index (χ3v) is 7.02. The van der Waals surface area contributed by atoms with Crippen molar-refractivity contribution in [2.24, 2.45) is 0 Å². The molecule has 3 nitrogen and oxygen atoms in total. The van der Waals surface area contributed by atoms with Crippen LogP contribution in [-0.2, 0) is 0 Å². The van der Waals surface area contributed by atoms with Crippen molar-refractivity contribution in [3.05, 3.63) is 24.4 Å². The summed E-state index contributed by atoms with van der Waals surface area (Å²) in [6.45, 7) is 3.72. The molecular weight excluding hydrogens is 190 g/mol. The van der Waals surface area contributed by atoms with E-state index in [2.05, 4.69) is 68.3 Å². The van der Waals surface area contributed by atoms with E-state index < -0.39 is 8.56 Å². The molecule has 82 valence electrons. The molecule has 0 spiro atoms. The molecule has 0 bridgehead atoms. The first kappa shape index (κ1) is 13.6. The van der Waals surface area contributed by atoms with E-state index in [4.69, 9.17) is 0 Å². The Hall–Kier alpha value is -0.423. The Bertz CT molecular complexity index is 188. The molecule has 14 heavy (non-hydrogen) atoms. The van der Waals surface area contributed by atoms with Gasteiger partial charge in [0.05, 0.1) is 0 Å². The third kappa shape index (κ3) is 2.54. The third-order valence-electron chi connectivity index (χ3n) is 2.43. The van der Waals surface area contributed by atoms with Gasteiger partial charge in [-0.15, -0.1) is 0 Å². The van der Waals surface area contributed by atoms with Gasteiger partial charge >= 0.3 is 8.56 Å². The van der Waals surface area contributed by atoms with Gasteiger partial charge in [-0.1, -0.05) is 24.4 Å². The first-order chi connectivity index (χ1) is 6.39. The molecule has 0 aromatic carbocycles. The van der Waals surface area contributed by atoms with Gasteiger partial charge in [-0.05, 0) is 42.3 Å². The highest BCUT2D eigenvalue weighted by molar-refractivity contribution is 6.76. The summed E-state index contributed by atoms with van der Waals surface area (Å²) in [4.78, 5) is 0. The van der Waals surface area contributed by atoms with Crippen LogP contribution in [0.2, 0.25) is 0 Å². The second-order valence-corrected chi connectivity index (χ2v) is 8.36. The van der Waals surface area contributed by atoms with Crippen LogP contribution in [0.25, 0.3) is 0 Å². The molecule has 0 saturated carbocycles. The van der Waals surface area contributed by atoms with Gasteiger partial charge in [-0.2, -0.15) is 0 Å². The SMILES string of the molecule is C=CC=C[Si](N(C)C)(N(C)C)N(C)C. The van der Waals surface area contributed by atoms with E-state index in [9.17, 15) is 0 Å². The minimum Gasteiger partial charge on any atom is -0.302 e. The highest BCUT2D eigenvalue weighted by Gasteiger charge is 2.39. The van der Waals surface area contributed by atoms with Crippen molar-refractivity contribution >= 4 is 8.56 Å². The summed E-state index contributed by atoms with van der Waals surface area (Å²) in [6.07, 6.45) is 3.87. The second kappa shape index (κ2) is 5.46. The predicted molar refractivity (Wildman–Crippen MR) is 66.2 cm³/mol. The minimum absolute atomic E-state index is 1.80. The van der Waals surface area contributed by atoms with Crippen molar-refractivity contribution in [1.29, 1.82) is 0 Å². The lowest BCUT2D eigenvalue weighted by Gasteiger charge is -2.44. The fourth-order valence-electron chi connectivity index (χ4n) is 1.84. The Labute approximate surface area is 89.5 Å². The number of hydrogen-bond donors (Lipinski definition) is 0. The van der Waals surface area contributed by atoms with E-state index in [1.54, 1.807) is 0 Å². The van der Waals surface area contributed by atoms with E-state index in [-0.39, 0.29) is 0 Å². The largest absolute Gasteiger partial charge is 0.314 e. The van der Waals surface area contributed by atoms with Crippen molar-refractivity contribution in [2.75, 3.05) is 42.3 Å². The molecular formula is C10H23N3Si. The maximum atomic E-state index is 3.72. The van der Waals surface area contributed by atoms with Gasteiger partial charge in [-0.25, -0.2) is 0 Å². The summed E-state index contributed by atoms with van der Waals surface area (Å²) >= 11 is 0. The lowest BCUT2D eigenvalue weighted by molar-refractivity contribution is 0.395. The summed E-state index contributed by atoms with van der Waals surface area (Å²) in [5, 5.41) is 0. The maximum absolute atomic E-state index is 3.72. The van der Waals surface area contributed by atoms with Crippen LogP contribution in [0.4, 0.5) is 0 Å². The molecule has 4 heteroatoms. The van der Waals surface area contributed by atoms with Crippen LogP contribution in [0.1, 0.15) is 0 Å². The van der Waals surface area contributed by atoms with E-state index in [1.165, 1.54) is 0 Å². The van der Waals surface area contributed by atoms with Gasteiger partial charge in [-0.3, -0.25) is 0 Å². The number of rotatable bonds is 5. The average molecular weight is 213 g/mol. The smallest absolute Gasteiger partial charge is 0.302 e. The molecule has 0 radical (unpaired) electrons. The van der Waals surface area contributed by atoms with Crippen LogP contribution in [0.15, 0.2) is 24.4 Å².